The molecular formula is C7H9NO6S. The summed E-state index contributed by atoms with van der Waals surface area (Å²) in [5.74, 6) is -5.58. The highest BCUT2D eigenvalue weighted by atomic mass is 32.2. The summed E-state index contributed by atoms with van der Waals surface area (Å²) < 4.78 is 22.9. The molecule has 0 bridgehead atoms. The predicted octanol–water partition coefficient (Wildman–Crippen LogP) is -2.10. The van der Waals surface area contributed by atoms with Crippen molar-refractivity contribution < 1.29 is 28.2 Å². The Bertz CT molecular complexity index is 456. The molecule has 0 aromatic heterocycles. The summed E-state index contributed by atoms with van der Waals surface area (Å²) in [7, 11) is -3.68. The first-order chi connectivity index (χ1) is 6.72. The smallest absolute Gasteiger partial charge is 0.325 e. The van der Waals surface area contributed by atoms with Crippen molar-refractivity contribution >= 4 is 21.8 Å². The van der Waals surface area contributed by atoms with Crippen molar-refractivity contribution in [1.82, 2.24) is 0 Å². The summed E-state index contributed by atoms with van der Waals surface area (Å²) in [6, 6.07) is 0. The van der Waals surface area contributed by atoms with Gasteiger partial charge in [-0.25, -0.2) is 8.42 Å². The molecule has 0 aromatic rings. The van der Waals surface area contributed by atoms with Gasteiger partial charge >= 0.3 is 11.9 Å². The van der Waals surface area contributed by atoms with E-state index in [0.29, 0.717) is 0 Å². The van der Waals surface area contributed by atoms with Crippen LogP contribution in [0.2, 0.25) is 0 Å². The van der Waals surface area contributed by atoms with Gasteiger partial charge in [-0.15, -0.1) is 0 Å². The van der Waals surface area contributed by atoms with Crippen molar-refractivity contribution in [2.24, 2.45) is 17.6 Å². The molecule has 15 heavy (non-hydrogen) atoms. The average molecular weight is 235 g/mol. The van der Waals surface area contributed by atoms with E-state index in [1.54, 1.807) is 0 Å². The molecule has 0 spiro atoms. The number of nitrogens with two attached hydrogens (primary N) is 1. The minimum Gasteiger partial charge on any atom is -0.481 e. The quantitative estimate of drug-likeness (QED) is 0.498. The van der Waals surface area contributed by atoms with Crippen LogP contribution in [0.15, 0.2) is 0 Å². The van der Waals surface area contributed by atoms with Gasteiger partial charge in [-0.1, -0.05) is 0 Å². The fourth-order valence-corrected chi connectivity index (χ4v) is 5.04. The van der Waals surface area contributed by atoms with Gasteiger partial charge in [-0.2, -0.15) is 0 Å². The van der Waals surface area contributed by atoms with Crippen molar-refractivity contribution in [3.8, 4) is 0 Å². The van der Waals surface area contributed by atoms with Crippen LogP contribution in [0, 0.1) is 11.8 Å². The third kappa shape index (κ3) is 1.11. The predicted molar refractivity (Wildman–Crippen MR) is 46.7 cm³/mol. The van der Waals surface area contributed by atoms with Gasteiger partial charge in [0.2, 0.25) is 0 Å². The van der Waals surface area contributed by atoms with Crippen LogP contribution in [0.5, 0.6) is 0 Å². The van der Waals surface area contributed by atoms with Crippen LogP contribution in [0.3, 0.4) is 0 Å². The van der Waals surface area contributed by atoms with E-state index in [1.165, 1.54) is 0 Å². The number of carboxylic acid groups (broad SMARTS) is 2. The SMILES string of the molecule is N[C@@]1(C(=O)O)CS(=O)(=O)[C@@H]2C(C(=O)O)[C@@H]21. The van der Waals surface area contributed by atoms with Crippen LogP contribution in [-0.2, 0) is 19.4 Å². The number of carboxylic acids is 2. The van der Waals surface area contributed by atoms with Crippen molar-refractivity contribution in [2.75, 3.05) is 5.75 Å². The minimum atomic E-state index is -3.68. The van der Waals surface area contributed by atoms with Crippen molar-refractivity contribution in [1.29, 1.82) is 0 Å². The fourth-order valence-electron chi connectivity index (χ4n) is 2.37. The zero-order valence-corrected chi connectivity index (χ0v) is 8.27. The molecule has 84 valence electrons. The van der Waals surface area contributed by atoms with Crippen molar-refractivity contribution in [2.45, 2.75) is 10.8 Å². The molecule has 1 aliphatic heterocycles. The van der Waals surface area contributed by atoms with Gasteiger partial charge in [0.25, 0.3) is 0 Å². The van der Waals surface area contributed by atoms with Crippen LogP contribution in [0.4, 0.5) is 0 Å². The lowest BCUT2D eigenvalue weighted by atomic mass is 9.96. The highest BCUT2D eigenvalue weighted by Gasteiger charge is 2.77. The second kappa shape index (κ2) is 2.50. The Balaban J connectivity index is 2.44. The van der Waals surface area contributed by atoms with E-state index in [9.17, 15) is 18.0 Å². The van der Waals surface area contributed by atoms with Gasteiger partial charge in [-0.3, -0.25) is 9.59 Å². The Kier molecular flexibility index (Phi) is 1.73. The van der Waals surface area contributed by atoms with Gasteiger partial charge in [0, 0.05) is 5.92 Å². The number of aliphatic carboxylic acids is 2. The van der Waals surface area contributed by atoms with Crippen LogP contribution in [0.1, 0.15) is 0 Å². The number of sulfone groups is 1. The molecule has 1 saturated carbocycles. The molecule has 7 nitrogen and oxygen atoms in total. The average Bonchev–Trinajstić information content (AvgIpc) is 2.72. The summed E-state index contributed by atoms with van der Waals surface area (Å²) in [5, 5.41) is 16.4. The first kappa shape index (κ1) is 10.4. The highest BCUT2D eigenvalue weighted by molar-refractivity contribution is 7.92. The van der Waals surface area contributed by atoms with Crippen molar-refractivity contribution in [3.05, 3.63) is 0 Å². The molecule has 1 aliphatic carbocycles. The summed E-state index contributed by atoms with van der Waals surface area (Å²) in [5.41, 5.74) is 3.51. The Morgan fingerprint density at radius 3 is 2.20 bits per heavy atom. The van der Waals surface area contributed by atoms with Crippen molar-refractivity contribution in [3.63, 3.8) is 0 Å². The lowest BCUT2D eigenvalue weighted by molar-refractivity contribution is -0.144. The number of rotatable bonds is 2. The zero-order chi connectivity index (χ0) is 11.6. The Morgan fingerprint density at radius 1 is 1.33 bits per heavy atom. The molecule has 2 rings (SSSR count). The standard InChI is InChI=1S/C7H9NO6S/c8-7(6(11)12)1-15(13,14)4-2(3(4)7)5(9)10/h2-4H,1,8H2,(H,9,10)(H,11,12)/t2?,3-,4+,7-/m0/s1. The van der Waals surface area contributed by atoms with E-state index in [-0.39, 0.29) is 0 Å². The third-order valence-electron chi connectivity index (χ3n) is 3.09. The summed E-state index contributed by atoms with van der Waals surface area (Å²) in [4.78, 5) is 21.5. The molecule has 0 aromatic carbocycles. The van der Waals surface area contributed by atoms with Gasteiger partial charge in [-0.05, 0) is 0 Å². The van der Waals surface area contributed by atoms with Gasteiger partial charge in [0.1, 0.15) is 5.54 Å². The van der Waals surface area contributed by atoms with E-state index in [4.69, 9.17) is 15.9 Å². The number of hydrogen-bond donors (Lipinski definition) is 3. The number of carbonyl (C=O) groups is 2. The summed E-state index contributed by atoms with van der Waals surface area (Å²) >= 11 is 0. The maximum absolute atomic E-state index is 11.4. The normalized spacial score (nSPS) is 45.8. The van der Waals surface area contributed by atoms with Gasteiger partial charge in [0.05, 0.1) is 16.9 Å². The van der Waals surface area contributed by atoms with E-state index in [2.05, 4.69) is 0 Å². The molecule has 0 amide bonds. The van der Waals surface area contributed by atoms with Crippen LogP contribution in [0.25, 0.3) is 0 Å². The molecule has 2 fully saturated rings. The Hall–Kier alpha value is -1.15. The zero-order valence-electron chi connectivity index (χ0n) is 7.45. The second-order valence-electron chi connectivity index (χ2n) is 4.01. The highest BCUT2D eigenvalue weighted by Crippen LogP contribution is 2.56. The molecule has 1 unspecified atom stereocenters. The Morgan fingerprint density at radius 2 is 1.87 bits per heavy atom. The van der Waals surface area contributed by atoms with E-state index >= 15 is 0 Å². The largest absolute Gasteiger partial charge is 0.481 e. The fraction of sp³-hybridized carbons (Fsp3) is 0.714. The molecule has 0 radical (unpaired) electrons. The lowest BCUT2D eigenvalue weighted by Crippen LogP contribution is -2.53. The van der Waals surface area contributed by atoms with Crippen LogP contribution in [-0.4, -0.2) is 47.1 Å². The van der Waals surface area contributed by atoms with Crippen LogP contribution >= 0.6 is 0 Å². The second-order valence-corrected chi connectivity index (χ2v) is 6.17. The molecular weight excluding hydrogens is 226 g/mol. The molecule has 8 heteroatoms. The molecule has 1 heterocycles. The summed E-state index contributed by atoms with van der Waals surface area (Å²) in [6.07, 6.45) is 0. The molecule has 2 aliphatic rings. The lowest BCUT2D eigenvalue weighted by Gasteiger charge is -2.19. The maximum atomic E-state index is 11.4. The maximum Gasteiger partial charge on any atom is 0.325 e. The monoisotopic (exact) mass is 235 g/mol. The first-order valence-electron chi connectivity index (χ1n) is 4.18. The van der Waals surface area contributed by atoms with Gasteiger partial charge < -0.3 is 15.9 Å². The topological polar surface area (TPSA) is 135 Å². The molecule has 1 saturated heterocycles. The Labute approximate surface area is 84.8 Å². The number of fused-ring (bicyclic) bond motifs is 1. The van der Waals surface area contributed by atoms with E-state index in [1.807, 2.05) is 0 Å². The number of hydrogen-bond acceptors (Lipinski definition) is 5. The molecule has 4 atom stereocenters. The van der Waals surface area contributed by atoms with E-state index in [0.717, 1.165) is 0 Å². The first-order valence-corrected chi connectivity index (χ1v) is 5.90. The van der Waals surface area contributed by atoms with Gasteiger partial charge in [0.15, 0.2) is 9.84 Å². The van der Waals surface area contributed by atoms with E-state index < -0.39 is 50.2 Å². The van der Waals surface area contributed by atoms with Crippen LogP contribution < -0.4 is 5.73 Å². The third-order valence-corrected chi connectivity index (χ3v) is 5.38. The summed E-state index contributed by atoms with van der Waals surface area (Å²) in [6.45, 7) is 0. The molecule has 4 N–H and O–H groups in total. The minimum absolute atomic E-state index is 0.672.